The normalized spacial score (nSPS) is 16.7. The van der Waals surface area contributed by atoms with Crippen LogP contribution in [0.4, 0.5) is 4.39 Å². The number of rotatable bonds is 13. The zero-order valence-corrected chi connectivity index (χ0v) is 24.7. The molecule has 3 unspecified atom stereocenters. The van der Waals surface area contributed by atoms with Crippen LogP contribution in [0, 0.1) is 5.82 Å². The van der Waals surface area contributed by atoms with E-state index in [1.807, 2.05) is 32.0 Å². The Morgan fingerprint density at radius 1 is 1.14 bits per heavy atom. The fourth-order valence-electron chi connectivity index (χ4n) is 5.17. The van der Waals surface area contributed by atoms with Crippen molar-refractivity contribution >= 4 is 22.3 Å². The molecule has 1 heterocycles. The van der Waals surface area contributed by atoms with Gasteiger partial charge >= 0.3 is 0 Å². The van der Waals surface area contributed by atoms with Gasteiger partial charge in [-0.25, -0.2) is 17.5 Å². The molecule has 0 aliphatic heterocycles. The van der Waals surface area contributed by atoms with Crippen LogP contribution < -0.4 is 15.4 Å². The van der Waals surface area contributed by atoms with Gasteiger partial charge in [-0.2, -0.15) is 0 Å². The lowest BCUT2D eigenvalue weighted by Crippen LogP contribution is -2.50. The van der Waals surface area contributed by atoms with E-state index in [2.05, 4.69) is 20.3 Å². The monoisotopic (exact) mass is 598 g/mol. The Kier molecular flexibility index (Phi) is 12.4. The van der Waals surface area contributed by atoms with Crippen molar-refractivity contribution in [1.29, 1.82) is 0 Å². The van der Waals surface area contributed by atoms with Crippen LogP contribution in [0.2, 0.25) is 0 Å². The number of benzene rings is 2. The summed E-state index contributed by atoms with van der Waals surface area (Å²) in [5.41, 5.74) is 3.12. The molecule has 0 saturated carbocycles. The molecule has 42 heavy (non-hydrogen) atoms. The van der Waals surface area contributed by atoms with Crippen LogP contribution in [0.25, 0.3) is 0 Å². The first kappa shape index (κ1) is 32.7. The van der Waals surface area contributed by atoms with Crippen LogP contribution >= 0.6 is 0 Å². The third kappa shape index (κ3) is 8.83. The zero-order valence-electron chi connectivity index (χ0n) is 23.9. The summed E-state index contributed by atoms with van der Waals surface area (Å²) < 4.78 is 41.0. The molecule has 0 bridgehead atoms. The maximum Gasteiger partial charge on any atom is 0.243 e. The highest BCUT2D eigenvalue weighted by Gasteiger charge is 2.32. The topological polar surface area (TPSA) is 137 Å². The third-order valence-electron chi connectivity index (χ3n) is 7.17. The van der Waals surface area contributed by atoms with Crippen LogP contribution in [-0.2, 0) is 32.5 Å². The molecular formula is C31H39FN4O5S. The molecule has 4 N–H and O–H groups in total. The van der Waals surface area contributed by atoms with E-state index in [-0.39, 0.29) is 30.2 Å². The number of nitrogens with zero attached hydrogens (tertiary/aromatic N) is 1. The molecule has 0 saturated heterocycles. The van der Waals surface area contributed by atoms with Gasteiger partial charge in [0.2, 0.25) is 22.3 Å². The number of phenolic OH excluding ortho intramolecular Hbond substituents is 1. The number of amides is 2. The van der Waals surface area contributed by atoms with Gasteiger partial charge in [0.05, 0.1) is 0 Å². The van der Waals surface area contributed by atoms with Gasteiger partial charge in [0.1, 0.15) is 22.5 Å². The Hall–Kier alpha value is -3.83. The SMILES string of the molecule is CC.O=CNC(CCCCNS(=O)(=O)c1ccccc1F)C(=O)NC1CCc2cc(O)ccc2C1Cc1cccnc1. The molecule has 3 atom stereocenters. The Balaban J connectivity index is 0.00000237. The highest BCUT2D eigenvalue weighted by molar-refractivity contribution is 7.89. The lowest BCUT2D eigenvalue weighted by molar-refractivity contribution is -0.126. The minimum atomic E-state index is -3.99. The second kappa shape index (κ2) is 16.0. The minimum absolute atomic E-state index is 0.0535. The maximum atomic E-state index is 13.9. The van der Waals surface area contributed by atoms with Gasteiger partial charge in [0.15, 0.2) is 0 Å². The fraction of sp³-hybridized carbons (Fsp3) is 0.387. The van der Waals surface area contributed by atoms with Crippen LogP contribution in [0.3, 0.4) is 0 Å². The number of nitrogens with one attached hydrogen (secondary N) is 3. The van der Waals surface area contributed by atoms with E-state index in [0.29, 0.717) is 44.9 Å². The van der Waals surface area contributed by atoms with Crippen molar-refractivity contribution in [3.63, 3.8) is 0 Å². The van der Waals surface area contributed by atoms with Gasteiger partial charge in [0, 0.05) is 30.9 Å². The minimum Gasteiger partial charge on any atom is -0.508 e. The number of carbonyl (C=O) groups is 2. The molecule has 0 fully saturated rings. The summed E-state index contributed by atoms with van der Waals surface area (Å²) in [7, 11) is -3.99. The highest BCUT2D eigenvalue weighted by Crippen LogP contribution is 2.36. The molecule has 11 heteroatoms. The summed E-state index contributed by atoms with van der Waals surface area (Å²) in [6.07, 6.45) is 7.12. The summed E-state index contributed by atoms with van der Waals surface area (Å²) >= 11 is 0. The van der Waals surface area contributed by atoms with Crippen molar-refractivity contribution in [1.82, 2.24) is 20.3 Å². The zero-order chi connectivity index (χ0) is 30.5. The molecule has 2 aromatic carbocycles. The maximum absolute atomic E-state index is 13.9. The number of fused-ring (bicyclic) bond motifs is 1. The predicted octanol–water partition coefficient (Wildman–Crippen LogP) is 3.97. The molecule has 226 valence electrons. The van der Waals surface area contributed by atoms with Crippen molar-refractivity contribution in [2.45, 2.75) is 75.3 Å². The molecular weight excluding hydrogens is 559 g/mol. The molecule has 1 aliphatic carbocycles. The van der Waals surface area contributed by atoms with Gasteiger partial charge in [-0.05, 0) is 85.5 Å². The number of pyridine rings is 1. The predicted molar refractivity (Wildman–Crippen MR) is 159 cm³/mol. The van der Waals surface area contributed by atoms with Gasteiger partial charge in [-0.15, -0.1) is 0 Å². The van der Waals surface area contributed by atoms with E-state index >= 15 is 0 Å². The van der Waals surface area contributed by atoms with Crippen molar-refractivity contribution in [3.05, 3.63) is 89.5 Å². The smallest absolute Gasteiger partial charge is 0.243 e. The molecule has 0 radical (unpaired) electrons. The number of phenols is 1. The summed E-state index contributed by atoms with van der Waals surface area (Å²) in [5, 5.41) is 15.7. The van der Waals surface area contributed by atoms with E-state index in [1.165, 1.54) is 18.2 Å². The number of aromatic nitrogens is 1. The fourth-order valence-corrected chi connectivity index (χ4v) is 6.32. The molecule has 9 nitrogen and oxygen atoms in total. The van der Waals surface area contributed by atoms with Gasteiger partial charge in [0.25, 0.3) is 0 Å². The molecule has 1 aliphatic rings. The third-order valence-corrected chi connectivity index (χ3v) is 8.66. The van der Waals surface area contributed by atoms with Gasteiger partial charge in [-0.1, -0.05) is 38.1 Å². The van der Waals surface area contributed by atoms with Crippen LogP contribution in [0.15, 0.2) is 71.9 Å². The Morgan fingerprint density at radius 2 is 1.93 bits per heavy atom. The summed E-state index contributed by atoms with van der Waals surface area (Å²) in [5.74, 6) is -0.997. The number of hydrogen-bond donors (Lipinski definition) is 4. The van der Waals surface area contributed by atoms with Gasteiger partial charge in [-0.3, -0.25) is 14.6 Å². The largest absolute Gasteiger partial charge is 0.508 e. The van der Waals surface area contributed by atoms with Crippen molar-refractivity contribution in [2.75, 3.05) is 6.54 Å². The van der Waals surface area contributed by atoms with E-state index in [0.717, 1.165) is 22.8 Å². The van der Waals surface area contributed by atoms with Crippen molar-refractivity contribution < 1.29 is 27.5 Å². The summed E-state index contributed by atoms with van der Waals surface area (Å²) in [4.78, 5) is 28.3. The summed E-state index contributed by atoms with van der Waals surface area (Å²) in [6, 6.07) is 13.3. The van der Waals surface area contributed by atoms with E-state index in [1.54, 1.807) is 24.5 Å². The molecule has 1 aromatic heterocycles. The van der Waals surface area contributed by atoms with E-state index in [4.69, 9.17) is 0 Å². The van der Waals surface area contributed by atoms with E-state index < -0.39 is 26.8 Å². The number of unbranched alkanes of at least 4 members (excludes halogenated alkanes) is 1. The second-order valence-electron chi connectivity index (χ2n) is 9.87. The Morgan fingerprint density at radius 3 is 2.64 bits per heavy atom. The summed E-state index contributed by atoms with van der Waals surface area (Å²) in [6.45, 7) is 4.06. The molecule has 3 aromatic rings. The first-order valence-electron chi connectivity index (χ1n) is 14.2. The highest BCUT2D eigenvalue weighted by atomic mass is 32.2. The Labute approximate surface area is 247 Å². The quantitative estimate of drug-likeness (QED) is 0.174. The second-order valence-corrected chi connectivity index (χ2v) is 11.6. The van der Waals surface area contributed by atoms with Crippen molar-refractivity contribution in [2.24, 2.45) is 0 Å². The lowest BCUT2D eigenvalue weighted by atomic mass is 9.76. The number of aryl methyl sites for hydroxylation is 1. The first-order chi connectivity index (χ1) is 20.3. The molecule has 2 amide bonds. The number of carbonyl (C=O) groups excluding carboxylic acids is 2. The average Bonchev–Trinajstić information content (AvgIpc) is 2.99. The van der Waals surface area contributed by atoms with E-state index in [9.17, 15) is 27.5 Å². The number of halogens is 1. The van der Waals surface area contributed by atoms with Crippen LogP contribution in [-0.4, -0.2) is 49.5 Å². The Bertz CT molecular complexity index is 1420. The number of sulfonamides is 1. The van der Waals surface area contributed by atoms with Crippen LogP contribution in [0.5, 0.6) is 5.75 Å². The standard InChI is InChI=1S/C29H33FN4O5S.C2H6/c30-25-7-1-2-9-28(25)40(38,39)33-15-4-3-8-27(32-19-35)29(37)34-26-13-10-21-17-22(36)11-12-23(21)24(26)16-20-6-5-14-31-18-20;1-2/h1-2,5-7,9,11-12,14,17-19,24,26-27,33,36H,3-4,8,10,13,15-16H2,(H,32,35)(H,34,37);1-2H3. The molecule has 4 rings (SSSR count). The molecule has 0 spiro atoms. The van der Waals surface area contributed by atoms with Crippen LogP contribution in [0.1, 0.15) is 62.1 Å². The first-order valence-corrected chi connectivity index (χ1v) is 15.7. The average molecular weight is 599 g/mol. The van der Waals surface area contributed by atoms with Gasteiger partial charge < -0.3 is 15.7 Å². The van der Waals surface area contributed by atoms with Crippen molar-refractivity contribution in [3.8, 4) is 5.75 Å². The lowest BCUT2D eigenvalue weighted by Gasteiger charge is -2.35. The number of aromatic hydroxyl groups is 1. The number of hydrogen-bond acceptors (Lipinski definition) is 6.